The van der Waals surface area contributed by atoms with Crippen LogP contribution in [0.25, 0.3) is 0 Å². The van der Waals surface area contributed by atoms with Gasteiger partial charge in [-0.15, -0.1) is 0 Å². The van der Waals surface area contributed by atoms with Crippen molar-refractivity contribution in [3.8, 4) is 5.75 Å². The van der Waals surface area contributed by atoms with Crippen LogP contribution in [0, 0.1) is 11.8 Å². The van der Waals surface area contributed by atoms with Crippen LogP contribution in [0.3, 0.4) is 0 Å². The fourth-order valence-corrected chi connectivity index (χ4v) is 4.46. The molecule has 0 unspecified atom stereocenters. The summed E-state index contributed by atoms with van der Waals surface area (Å²) < 4.78 is 5.43. The SMILES string of the molecule is COc1ccc2c(c1)[C@@H]1[C@H](CCC[C@H]1N(C)C)[C@@H](C=O)C2. The predicted molar refractivity (Wildman–Crippen MR) is 83.8 cm³/mol. The Bertz CT molecular complexity index is 526. The van der Waals surface area contributed by atoms with E-state index in [1.165, 1.54) is 36.7 Å². The molecule has 0 spiro atoms. The van der Waals surface area contributed by atoms with E-state index >= 15 is 0 Å². The molecule has 0 saturated heterocycles. The van der Waals surface area contributed by atoms with Gasteiger partial charge < -0.3 is 14.4 Å². The Hall–Kier alpha value is -1.35. The summed E-state index contributed by atoms with van der Waals surface area (Å²) in [5, 5.41) is 0. The molecule has 1 saturated carbocycles. The lowest BCUT2D eigenvalue weighted by molar-refractivity contribution is -0.113. The number of aldehydes is 1. The van der Waals surface area contributed by atoms with Gasteiger partial charge in [0.15, 0.2) is 0 Å². The van der Waals surface area contributed by atoms with E-state index in [4.69, 9.17) is 4.74 Å². The molecule has 114 valence electrons. The van der Waals surface area contributed by atoms with Gasteiger partial charge >= 0.3 is 0 Å². The molecule has 3 heteroatoms. The van der Waals surface area contributed by atoms with E-state index in [0.717, 1.165) is 12.2 Å². The quantitative estimate of drug-likeness (QED) is 0.801. The molecule has 1 aromatic rings. The highest BCUT2D eigenvalue weighted by Crippen LogP contribution is 2.49. The summed E-state index contributed by atoms with van der Waals surface area (Å²) in [6.45, 7) is 0. The van der Waals surface area contributed by atoms with Crippen molar-refractivity contribution in [3.05, 3.63) is 29.3 Å². The summed E-state index contributed by atoms with van der Waals surface area (Å²) in [5.74, 6) is 2.06. The molecule has 0 radical (unpaired) electrons. The molecule has 0 aliphatic heterocycles. The average molecular weight is 287 g/mol. The van der Waals surface area contributed by atoms with Crippen LogP contribution in [0.2, 0.25) is 0 Å². The summed E-state index contributed by atoms with van der Waals surface area (Å²) in [6, 6.07) is 6.91. The van der Waals surface area contributed by atoms with Crippen molar-refractivity contribution in [3.63, 3.8) is 0 Å². The van der Waals surface area contributed by atoms with Gasteiger partial charge in [0.2, 0.25) is 0 Å². The maximum absolute atomic E-state index is 11.6. The molecule has 1 aromatic carbocycles. The Morgan fingerprint density at radius 3 is 2.76 bits per heavy atom. The van der Waals surface area contributed by atoms with Crippen molar-refractivity contribution in [2.75, 3.05) is 21.2 Å². The Labute approximate surface area is 127 Å². The molecule has 2 aliphatic rings. The van der Waals surface area contributed by atoms with E-state index in [0.29, 0.717) is 17.9 Å². The molecule has 4 atom stereocenters. The summed E-state index contributed by atoms with van der Waals surface area (Å²) >= 11 is 0. The number of fused-ring (bicyclic) bond motifs is 3. The molecule has 0 heterocycles. The normalized spacial score (nSPS) is 31.4. The molecule has 0 aromatic heterocycles. The summed E-state index contributed by atoms with van der Waals surface area (Å²) in [5.41, 5.74) is 2.75. The third-order valence-corrected chi connectivity index (χ3v) is 5.47. The Kier molecular flexibility index (Phi) is 4.03. The number of benzene rings is 1. The third-order valence-electron chi connectivity index (χ3n) is 5.47. The third kappa shape index (κ3) is 2.48. The number of methoxy groups -OCH3 is 1. The Balaban J connectivity index is 2.08. The standard InChI is InChI=1S/C18H25NO2/c1-19(2)17-6-4-5-15-13(11-20)9-12-7-8-14(21-3)10-16(12)18(15)17/h7-8,10-11,13,15,17-18H,4-6,9H2,1-3H3/t13-,15-,17-,18+/m1/s1. The van der Waals surface area contributed by atoms with E-state index in [9.17, 15) is 4.79 Å². The van der Waals surface area contributed by atoms with Crippen LogP contribution in [-0.4, -0.2) is 38.4 Å². The van der Waals surface area contributed by atoms with E-state index in [1.54, 1.807) is 7.11 Å². The molecule has 1 fully saturated rings. The van der Waals surface area contributed by atoms with Gasteiger partial charge in [-0.2, -0.15) is 0 Å². The van der Waals surface area contributed by atoms with Crippen LogP contribution in [0.1, 0.15) is 36.3 Å². The lowest BCUT2D eigenvalue weighted by atomic mass is 9.61. The highest BCUT2D eigenvalue weighted by Gasteiger charge is 2.43. The lowest BCUT2D eigenvalue weighted by Crippen LogP contribution is -2.45. The molecular formula is C18H25NO2. The predicted octanol–water partition coefficient (Wildman–Crippen LogP) is 2.88. The summed E-state index contributed by atoms with van der Waals surface area (Å²) in [6.07, 6.45) is 5.71. The molecular weight excluding hydrogens is 262 g/mol. The monoisotopic (exact) mass is 287 g/mol. The first-order valence-corrected chi connectivity index (χ1v) is 7.94. The number of likely N-dealkylation sites (N-methyl/N-ethyl adjacent to an activating group) is 1. The smallest absolute Gasteiger partial charge is 0.123 e. The van der Waals surface area contributed by atoms with E-state index in [-0.39, 0.29) is 5.92 Å². The van der Waals surface area contributed by atoms with E-state index < -0.39 is 0 Å². The van der Waals surface area contributed by atoms with Gasteiger partial charge in [0, 0.05) is 17.9 Å². The fraction of sp³-hybridized carbons (Fsp3) is 0.611. The number of carbonyl (C=O) groups excluding carboxylic acids is 1. The largest absolute Gasteiger partial charge is 0.497 e. The minimum atomic E-state index is 0.179. The maximum Gasteiger partial charge on any atom is 0.123 e. The van der Waals surface area contributed by atoms with Crippen molar-refractivity contribution < 1.29 is 9.53 Å². The lowest BCUT2D eigenvalue weighted by Gasteiger charge is -2.47. The molecule has 21 heavy (non-hydrogen) atoms. The Morgan fingerprint density at radius 2 is 2.10 bits per heavy atom. The number of hydrogen-bond acceptors (Lipinski definition) is 3. The van der Waals surface area contributed by atoms with Gasteiger partial charge in [-0.25, -0.2) is 0 Å². The zero-order chi connectivity index (χ0) is 15.0. The molecule has 3 nitrogen and oxygen atoms in total. The number of nitrogens with zero attached hydrogens (tertiary/aromatic N) is 1. The maximum atomic E-state index is 11.6. The van der Waals surface area contributed by atoms with Crippen molar-refractivity contribution in [2.24, 2.45) is 11.8 Å². The van der Waals surface area contributed by atoms with Crippen molar-refractivity contribution >= 4 is 6.29 Å². The molecule has 0 bridgehead atoms. The van der Waals surface area contributed by atoms with Gasteiger partial charge in [0.05, 0.1) is 7.11 Å². The number of hydrogen-bond donors (Lipinski definition) is 0. The van der Waals surface area contributed by atoms with Gasteiger partial charge in [0.25, 0.3) is 0 Å². The van der Waals surface area contributed by atoms with Gasteiger partial charge in [-0.3, -0.25) is 0 Å². The highest BCUT2D eigenvalue weighted by molar-refractivity contribution is 5.58. The number of ether oxygens (including phenoxy) is 1. The van der Waals surface area contributed by atoms with Crippen LogP contribution in [0.15, 0.2) is 18.2 Å². The van der Waals surface area contributed by atoms with E-state index in [2.05, 4.69) is 31.1 Å². The van der Waals surface area contributed by atoms with Crippen LogP contribution >= 0.6 is 0 Å². The minimum absolute atomic E-state index is 0.179. The van der Waals surface area contributed by atoms with Gasteiger partial charge in [0.1, 0.15) is 12.0 Å². The fourth-order valence-electron chi connectivity index (χ4n) is 4.46. The number of rotatable bonds is 3. The van der Waals surface area contributed by atoms with Crippen molar-refractivity contribution in [1.82, 2.24) is 4.90 Å². The van der Waals surface area contributed by atoms with Crippen LogP contribution in [0.5, 0.6) is 5.75 Å². The van der Waals surface area contributed by atoms with Crippen molar-refractivity contribution in [2.45, 2.75) is 37.6 Å². The topological polar surface area (TPSA) is 29.5 Å². The zero-order valence-electron chi connectivity index (χ0n) is 13.2. The summed E-state index contributed by atoms with van der Waals surface area (Å²) in [4.78, 5) is 13.9. The number of carbonyl (C=O) groups is 1. The minimum Gasteiger partial charge on any atom is -0.497 e. The van der Waals surface area contributed by atoms with Crippen molar-refractivity contribution in [1.29, 1.82) is 0 Å². The van der Waals surface area contributed by atoms with Crippen LogP contribution in [0.4, 0.5) is 0 Å². The average Bonchev–Trinajstić information content (AvgIpc) is 2.52. The second-order valence-electron chi connectivity index (χ2n) is 6.72. The molecule has 0 amide bonds. The first kappa shape index (κ1) is 14.6. The molecule has 0 N–H and O–H groups in total. The zero-order valence-corrected chi connectivity index (χ0v) is 13.2. The molecule has 2 aliphatic carbocycles. The van der Waals surface area contributed by atoms with Gasteiger partial charge in [-0.1, -0.05) is 12.5 Å². The van der Waals surface area contributed by atoms with Crippen LogP contribution in [-0.2, 0) is 11.2 Å². The second kappa shape index (κ2) is 5.80. The van der Waals surface area contributed by atoms with E-state index in [1.807, 2.05) is 6.07 Å². The van der Waals surface area contributed by atoms with Gasteiger partial charge in [-0.05, 0) is 62.5 Å². The molecule has 3 rings (SSSR count). The van der Waals surface area contributed by atoms with Crippen LogP contribution < -0.4 is 4.74 Å². The first-order valence-electron chi connectivity index (χ1n) is 7.94. The first-order chi connectivity index (χ1) is 10.2. The highest BCUT2D eigenvalue weighted by atomic mass is 16.5. The second-order valence-corrected chi connectivity index (χ2v) is 6.72. The Morgan fingerprint density at radius 1 is 1.29 bits per heavy atom. The summed E-state index contributed by atoms with van der Waals surface area (Å²) in [7, 11) is 6.05.